The van der Waals surface area contributed by atoms with E-state index < -0.39 is 11.9 Å². The highest BCUT2D eigenvalue weighted by molar-refractivity contribution is 5.98. The Balaban J connectivity index is 3.20. The number of rotatable bonds is 8. The Morgan fingerprint density at radius 1 is 0.880 bits per heavy atom. The Kier molecular flexibility index (Phi) is 7.85. The molecule has 0 heterocycles. The van der Waals surface area contributed by atoms with Crippen molar-refractivity contribution in [2.75, 3.05) is 0 Å². The molecule has 0 N–H and O–H groups in total. The Morgan fingerprint density at radius 3 is 1.72 bits per heavy atom. The highest BCUT2D eigenvalue weighted by Crippen LogP contribution is 2.32. The monoisotopic (exact) mass is 346 g/mol. The van der Waals surface area contributed by atoms with E-state index in [1.54, 1.807) is 13.8 Å². The minimum Gasteiger partial charge on any atom is -0.460 e. The lowest BCUT2D eigenvalue weighted by Crippen LogP contribution is -2.23. The van der Waals surface area contributed by atoms with E-state index in [2.05, 4.69) is 53.7 Å². The van der Waals surface area contributed by atoms with Crippen LogP contribution in [0.5, 0.6) is 0 Å². The molecule has 0 saturated heterocycles. The summed E-state index contributed by atoms with van der Waals surface area (Å²) < 4.78 is 5.54. The number of Topliss-reactive ketones (excluding diaryl/α,β-unsaturated/α-hetero) is 1. The fourth-order valence-electron chi connectivity index (χ4n) is 2.98. The van der Waals surface area contributed by atoms with Gasteiger partial charge in [-0.25, -0.2) is 0 Å². The van der Waals surface area contributed by atoms with Gasteiger partial charge in [-0.2, -0.15) is 0 Å². The first-order valence-corrected chi connectivity index (χ1v) is 9.45. The van der Waals surface area contributed by atoms with Gasteiger partial charge in [0.1, 0.15) is 18.3 Å². The summed E-state index contributed by atoms with van der Waals surface area (Å²) in [5.41, 5.74) is 4.88. The molecular formula is C22H34O3. The maximum Gasteiger partial charge on any atom is 0.316 e. The Bertz CT molecular complexity index is 583. The number of ether oxygens (including phenoxy) is 1. The molecule has 0 bridgehead atoms. The average molecular weight is 347 g/mol. The zero-order valence-electron chi connectivity index (χ0n) is 17.1. The van der Waals surface area contributed by atoms with Crippen molar-refractivity contribution >= 4 is 11.8 Å². The molecule has 0 aliphatic rings. The molecule has 25 heavy (non-hydrogen) atoms. The van der Waals surface area contributed by atoms with E-state index in [1.807, 2.05) is 0 Å². The fraction of sp³-hybridized carbons (Fsp3) is 0.636. The van der Waals surface area contributed by atoms with E-state index in [9.17, 15) is 9.59 Å². The SMILES string of the molecule is CCC(=O)[C@H](C)C(=O)OCc1c(C(C)C)cc(C(C)C)cc1C(C)C. The third kappa shape index (κ3) is 5.42. The van der Waals surface area contributed by atoms with Gasteiger partial charge in [0.05, 0.1) is 0 Å². The Labute approximate surface area is 153 Å². The summed E-state index contributed by atoms with van der Waals surface area (Å²) in [5, 5.41) is 0. The molecule has 0 aliphatic carbocycles. The van der Waals surface area contributed by atoms with E-state index in [0.29, 0.717) is 24.2 Å². The van der Waals surface area contributed by atoms with Crippen LogP contribution >= 0.6 is 0 Å². The summed E-state index contributed by atoms with van der Waals surface area (Å²) in [6.45, 7) is 16.7. The number of carbonyl (C=O) groups is 2. The Morgan fingerprint density at radius 2 is 1.36 bits per heavy atom. The van der Waals surface area contributed by atoms with Crippen molar-refractivity contribution in [2.45, 2.75) is 86.2 Å². The van der Waals surface area contributed by atoms with Crippen LogP contribution in [0.2, 0.25) is 0 Å². The summed E-state index contributed by atoms with van der Waals surface area (Å²) in [4.78, 5) is 23.9. The van der Waals surface area contributed by atoms with Crippen molar-refractivity contribution in [3.8, 4) is 0 Å². The Hall–Kier alpha value is -1.64. The van der Waals surface area contributed by atoms with Crippen LogP contribution in [0.4, 0.5) is 0 Å². The molecule has 1 atom stereocenters. The van der Waals surface area contributed by atoms with Gasteiger partial charge in [-0.15, -0.1) is 0 Å². The highest BCUT2D eigenvalue weighted by Gasteiger charge is 2.23. The van der Waals surface area contributed by atoms with Crippen molar-refractivity contribution in [3.63, 3.8) is 0 Å². The van der Waals surface area contributed by atoms with E-state index in [1.165, 1.54) is 16.7 Å². The van der Waals surface area contributed by atoms with Gasteiger partial charge in [0.25, 0.3) is 0 Å². The average Bonchev–Trinajstić information content (AvgIpc) is 2.56. The molecule has 0 spiro atoms. The molecule has 3 heteroatoms. The predicted octanol–water partition coefficient (Wildman–Crippen LogP) is 5.72. The molecule has 1 aromatic carbocycles. The van der Waals surface area contributed by atoms with Crippen LogP contribution < -0.4 is 0 Å². The van der Waals surface area contributed by atoms with Crippen LogP contribution in [0, 0.1) is 5.92 Å². The summed E-state index contributed by atoms with van der Waals surface area (Å²) in [6.07, 6.45) is 0.355. The lowest BCUT2D eigenvalue weighted by molar-refractivity contribution is -0.152. The van der Waals surface area contributed by atoms with Crippen LogP contribution in [0.1, 0.15) is 102 Å². The molecule has 1 rings (SSSR count). The smallest absolute Gasteiger partial charge is 0.316 e. The van der Waals surface area contributed by atoms with Crippen molar-refractivity contribution in [2.24, 2.45) is 5.92 Å². The third-order valence-corrected chi connectivity index (χ3v) is 4.80. The molecule has 0 aliphatic heterocycles. The van der Waals surface area contributed by atoms with E-state index in [4.69, 9.17) is 4.74 Å². The van der Waals surface area contributed by atoms with Crippen molar-refractivity contribution in [1.82, 2.24) is 0 Å². The van der Waals surface area contributed by atoms with E-state index in [-0.39, 0.29) is 12.4 Å². The molecule has 3 nitrogen and oxygen atoms in total. The van der Waals surface area contributed by atoms with Crippen LogP contribution in [0.3, 0.4) is 0 Å². The molecule has 0 saturated carbocycles. The largest absolute Gasteiger partial charge is 0.460 e. The van der Waals surface area contributed by atoms with Crippen molar-refractivity contribution in [1.29, 1.82) is 0 Å². The van der Waals surface area contributed by atoms with Gasteiger partial charge in [0.15, 0.2) is 0 Å². The number of hydrogen-bond donors (Lipinski definition) is 0. The molecular weight excluding hydrogens is 312 g/mol. The van der Waals surface area contributed by atoms with Crippen LogP contribution in [0.25, 0.3) is 0 Å². The number of ketones is 1. The summed E-state index contributed by atoms with van der Waals surface area (Å²) in [6, 6.07) is 4.48. The first kappa shape index (κ1) is 21.4. The first-order valence-electron chi connectivity index (χ1n) is 9.45. The number of carbonyl (C=O) groups excluding carboxylic acids is 2. The van der Waals surface area contributed by atoms with E-state index >= 15 is 0 Å². The second kappa shape index (κ2) is 9.17. The minimum absolute atomic E-state index is 0.0756. The quantitative estimate of drug-likeness (QED) is 0.447. The number of esters is 1. The second-order valence-corrected chi connectivity index (χ2v) is 7.79. The molecule has 140 valence electrons. The maximum absolute atomic E-state index is 12.2. The van der Waals surface area contributed by atoms with Crippen LogP contribution in [-0.2, 0) is 20.9 Å². The predicted molar refractivity (Wildman–Crippen MR) is 103 cm³/mol. The standard InChI is InChI=1S/C22H34O3/c1-9-21(23)16(8)22(24)25-12-20-18(14(4)5)10-17(13(2)3)11-19(20)15(6)7/h10-11,13-16H,9,12H2,1-8H3/t16-/m0/s1. The van der Waals surface area contributed by atoms with Crippen LogP contribution in [-0.4, -0.2) is 11.8 Å². The van der Waals surface area contributed by atoms with Gasteiger partial charge in [-0.05, 0) is 46.9 Å². The topological polar surface area (TPSA) is 43.4 Å². The summed E-state index contributed by atoms with van der Waals surface area (Å²) in [7, 11) is 0. The molecule has 0 unspecified atom stereocenters. The molecule has 1 aromatic rings. The van der Waals surface area contributed by atoms with Crippen LogP contribution in [0.15, 0.2) is 12.1 Å². The summed E-state index contributed by atoms with van der Waals surface area (Å²) in [5.74, 6) is -0.0459. The normalized spacial score (nSPS) is 12.8. The zero-order chi connectivity index (χ0) is 19.3. The summed E-state index contributed by atoms with van der Waals surface area (Å²) >= 11 is 0. The second-order valence-electron chi connectivity index (χ2n) is 7.79. The van der Waals surface area contributed by atoms with Crippen molar-refractivity contribution in [3.05, 3.63) is 34.4 Å². The lowest BCUT2D eigenvalue weighted by Gasteiger charge is -2.23. The number of benzene rings is 1. The molecule has 0 aromatic heterocycles. The van der Waals surface area contributed by atoms with Gasteiger partial charge in [-0.1, -0.05) is 60.6 Å². The molecule has 0 fully saturated rings. The fourth-order valence-corrected chi connectivity index (χ4v) is 2.98. The third-order valence-electron chi connectivity index (χ3n) is 4.80. The molecule has 0 radical (unpaired) electrons. The molecule has 0 amide bonds. The van der Waals surface area contributed by atoms with Crippen molar-refractivity contribution < 1.29 is 14.3 Å². The van der Waals surface area contributed by atoms with Gasteiger partial charge in [0, 0.05) is 6.42 Å². The maximum atomic E-state index is 12.2. The van der Waals surface area contributed by atoms with Gasteiger partial charge in [-0.3, -0.25) is 9.59 Å². The van der Waals surface area contributed by atoms with Gasteiger partial charge >= 0.3 is 5.97 Å². The minimum atomic E-state index is -0.690. The zero-order valence-corrected chi connectivity index (χ0v) is 17.1. The van der Waals surface area contributed by atoms with E-state index in [0.717, 1.165) is 5.56 Å². The van der Waals surface area contributed by atoms with Gasteiger partial charge < -0.3 is 4.74 Å². The highest BCUT2D eigenvalue weighted by atomic mass is 16.5. The lowest BCUT2D eigenvalue weighted by atomic mass is 9.85. The number of hydrogen-bond acceptors (Lipinski definition) is 3. The van der Waals surface area contributed by atoms with Gasteiger partial charge in [0.2, 0.25) is 0 Å². The first-order chi connectivity index (χ1) is 11.6.